The summed E-state index contributed by atoms with van der Waals surface area (Å²) in [6.07, 6.45) is 0. The third kappa shape index (κ3) is 2.55. The van der Waals surface area contributed by atoms with Crippen LogP contribution in [0.4, 0.5) is 0 Å². The van der Waals surface area contributed by atoms with Crippen LogP contribution in [0.15, 0.2) is 30.3 Å². The maximum atomic E-state index is 5.58. The van der Waals surface area contributed by atoms with Gasteiger partial charge in [0, 0.05) is 0 Å². The molecule has 0 fully saturated rings. The zero-order valence-corrected chi connectivity index (χ0v) is 7.86. The molecule has 0 spiro atoms. The van der Waals surface area contributed by atoms with E-state index in [2.05, 4.69) is 10.5 Å². The van der Waals surface area contributed by atoms with Crippen molar-refractivity contribution >= 4 is 0 Å². The molecule has 0 saturated heterocycles. The first-order valence-corrected chi connectivity index (χ1v) is 7.08. The summed E-state index contributed by atoms with van der Waals surface area (Å²) in [4.78, 5) is 0. The van der Waals surface area contributed by atoms with E-state index in [1.54, 1.807) is 0 Å². The van der Waals surface area contributed by atoms with Crippen LogP contribution in [0.2, 0.25) is 10.5 Å². The molecule has 0 atom stereocenters. The average molecular weight is 171 g/mol. The normalized spacial score (nSPS) is 9.00. The molecule has 1 nitrogen and oxygen atoms in total. The molecule has 0 saturated carbocycles. The Labute approximate surface area is 68.3 Å². The maximum absolute atomic E-state index is 5.58. The molecule has 1 aromatic carbocycles. The van der Waals surface area contributed by atoms with E-state index in [0.29, 0.717) is 0 Å². The van der Waals surface area contributed by atoms with Gasteiger partial charge >= 0.3 is 68.1 Å². The Bertz CT molecular complexity index is 184. The number of para-hydroxylation sites is 1. The molecule has 0 unspecified atom stereocenters. The van der Waals surface area contributed by atoms with Crippen molar-refractivity contribution < 1.29 is 21.6 Å². The average Bonchev–Trinajstić information content (AvgIpc) is 1.88. The molecule has 0 aliphatic carbocycles. The summed E-state index contributed by atoms with van der Waals surface area (Å²) >= 11 is -1.13. The fraction of sp³-hybridized carbons (Fsp3) is 0.250. The van der Waals surface area contributed by atoms with Gasteiger partial charge in [0.05, 0.1) is 0 Å². The third-order valence-corrected chi connectivity index (χ3v) is 2.07. The Balaban J connectivity index is 2.59. The Morgan fingerprint density at radius 2 is 1.70 bits per heavy atom. The van der Waals surface area contributed by atoms with E-state index in [1.165, 1.54) is 0 Å². The first-order valence-electron chi connectivity index (χ1n) is 3.32. The second kappa shape index (κ2) is 3.79. The zero-order chi connectivity index (χ0) is 7.40. The van der Waals surface area contributed by atoms with Crippen LogP contribution in [0.5, 0.6) is 5.75 Å². The molecular weight excluding hydrogens is 160 g/mol. The molecule has 0 aliphatic rings. The molecule has 1 rings (SSSR count). The summed E-state index contributed by atoms with van der Waals surface area (Å²) in [5, 5.41) is 4.38. The van der Waals surface area contributed by atoms with Gasteiger partial charge in [0.25, 0.3) is 0 Å². The van der Waals surface area contributed by atoms with Gasteiger partial charge in [-0.25, -0.2) is 0 Å². The summed E-state index contributed by atoms with van der Waals surface area (Å²) in [5.74, 6) is 1.02. The van der Waals surface area contributed by atoms with Crippen LogP contribution in [0.25, 0.3) is 0 Å². The van der Waals surface area contributed by atoms with Crippen LogP contribution < -0.4 is 3.32 Å². The van der Waals surface area contributed by atoms with Crippen molar-refractivity contribution in [2.24, 2.45) is 0 Å². The van der Waals surface area contributed by atoms with Gasteiger partial charge in [0.15, 0.2) is 0 Å². The first kappa shape index (κ1) is 7.84. The standard InChI is InChI=1S/C6H6O.2CH3.Ti/c7-6-4-2-1-3-5-6;;;/h1-5,7H;2*1H3;/q;;;+1/p-1. The van der Waals surface area contributed by atoms with Crippen LogP contribution in [0, 0.1) is 0 Å². The van der Waals surface area contributed by atoms with Crippen LogP contribution in [-0.4, -0.2) is 0 Å². The molecule has 2 heteroatoms. The van der Waals surface area contributed by atoms with E-state index in [4.69, 9.17) is 3.32 Å². The summed E-state index contributed by atoms with van der Waals surface area (Å²) in [7, 11) is 0. The Kier molecular flexibility index (Phi) is 2.97. The SMILES string of the molecule is [CH3][Ti]([CH3])[O]c1ccccc1. The van der Waals surface area contributed by atoms with E-state index in [0.717, 1.165) is 5.75 Å². The first-order chi connectivity index (χ1) is 4.79. The molecule has 10 heavy (non-hydrogen) atoms. The van der Waals surface area contributed by atoms with Crippen molar-refractivity contribution in [1.82, 2.24) is 0 Å². The monoisotopic (exact) mass is 171 g/mol. The van der Waals surface area contributed by atoms with Crippen molar-refractivity contribution in [3.05, 3.63) is 30.3 Å². The fourth-order valence-electron chi connectivity index (χ4n) is 0.724. The Morgan fingerprint density at radius 3 is 2.20 bits per heavy atom. The van der Waals surface area contributed by atoms with Crippen molar-refractivity contribution in [3.8, 4) is 5.75 Å². The van der Waals surface area contributed by atoms with Gasteiger partial charge < -0.3 is 0 Å². The van der Waals surface area contributed by atoms with Gasteiger partial charge in [0.2, 0.25) is 0 Å². The van der Waals surface area contributed by atoms with Crippen molar-refractivity contribution in [3.63, 3.8) is 0 Å². The van der Waals surface area contributed by atoms with Gasteiger partial charge in [0.1, 0.15) is 0 Å². The molecule has 0 radical (unpaired) electrons. The van der Waals surface area contributed by atoms with Crippen molar-refractivity contribution in [1.29, 1.82) is 0 Å². The van der Waals surface area contributed by atoms with E-state index >= 15 is 0 Å². The molecule has 0 aliphatic heterocycles. The molecule has 0 heterocycles. The predicted octanol–water partition coefficient (Wildman–Crippen LogP) is 2.69. The number of rotatable bonds is 2. The van der Waals surface area contributed by atoms with Gasteiger partial charge in [-0.15, -0.1) is 0 Å². The predicted molar refractivity (Wildman–Crippen MR) is 38.8 cm³/mol. The minimum absolute atomic E-state index is 1.02. The van der Waals surface area contributed by atoms with Crippen LogP contribution in [0.3, 0.4) is 0 Å². The van der Waals surface area contributed by atoms with E-state index < -0.39 is 18.3 Å². The molecule has 1 aromatic rings. The van der Waals surface area contributed by atoms with Gasteiger partial charge in [-0.2, -0.15) is 0 Å². The molecular formula is C8H11OTi. The topological polar surface area (TPSA) is 9.23 Å². The van der Waals surface area contributed by atoms with Crippen LogP contribution in [0.1, 0.15) is 0 Å². The Hall–Kier alpha value is -0.266. The molecule has 0 aromatic heterocycles. The zero-order valence-electron chi connectivity index (χ0n) is 6.29. The van der Waals surface area contributed by atoms with E-state index in [-0.39, 0.29) is 0 Å². The molecule has 0 N–H and O–H groups in total. The van der Waals surface area contributed by atoms with Gasteiger partial charge in [-0.3, -0.25) is 0 Å². The molecule has 0 bridgehead atoms. The summed E-state index contributed by atoms with van der Waals surface area (Å²) < 4.78 is 5.58. The summed E-state index contributed by atoms with van der Waals surface area (Å²) in [5.41, 5.74) is 0. The molecule has 0 amide bonds. The number of hydrogen-bond donors (Lipinski definition) is 0. The number of benzene rings is 1. The fourth-order valence-corrected chi connectivity index (χ4v) is 1.67. The second-order valence-corrected chi connectivity index (χ2v) is 5.48. The van der Waals surface area contributed by atoms with E-state index in [9.17, 15) is 0 Å². The minimum atomic E-state index is -1.13. The summed E-state index contributed by atoms with van der Waals surface area (Å²) in [6, 6.07) is 9.99. The Morgan fingerprint density at radius 1 is 1.10 bits per heavy atom. The third-order valence-electron chi connectivity index (χ3n) is 1.07. The van der Waals surface area contributed by atoms with Gasteiger partial charge in [-0.05, 0) is 0 Å². The molecule has 53 valence electrons. The second-order valence-electron chi connectivity index (χ2n) is 2.32. The van der Waals surface area contributed by atoms with Gasteiger partial charge in [-0.1, -0.05) is 0 Å². The summed E-state index contributed by atoms with van der Waals surface area (Å²) in [6.45, 7) is 0. The van der Waals surface area contributed by atoms with Crippen LogP contribution >= 0.6 is 0 Å². The van der Waals surface area contributed by atoms with Crippen molar-refractivity contribution in [2.75, 3.05) is 0 Å². The van der Waals surface area contributed by atoms with Crippen molar-refractivity contribution in [2.45, 2.75) is 10.5 Å². The number of hydrogen-bond acceptors (Lipinski definition) is 1. The quantitative estimate of drug-likeness (QED) is 0.621. The van der Waals surface area contributed by atoms with Crippen LogP contribution in [-0.2, 0) is 18.3 Å². The van der Waals surface area contributed by atoms with E-state index in [1.807, 2.05) is 30.3 Å².